The molecule has 0 saturated heterocycles. The highest BCUT2D eigenvalue weighted by atomic mass is 32.1. The Labute approximate surface area is 127 Å². The second-order valence-corrected chi connectivity index (χ2v) is 6.18. The maximum Gasteiger partial charge on any atom is 0.140 e. The molecule has 3 rings (SSSR count). The molecular formula is C17H17NO2S. The van der Waals surface area contributed by atoms with Gasteiger partial charge >= 0.3 is 0 Å². The minimum Gasteiger partial charge on any atom is -0.486 e. The summed E-state index contributed by atoms with van der Waals surface area (Å²) in [5.41, 5.74) is 2.94. The van der Waals surface area contributed by atoms with E-state index in [-0.39, 0.29) is 0 Å². The van der Waals surface area contributed by atoms with Gasteiger partial charge in [0.2, 0.25) is 0 Å². The van der Waals surface area contributed by atoms with Crippen LogP contribution in [0.25, 0.3) is 10.2 Å². The first-order chi connectivity index (χ1) is 10.1. The molecular weight excluding hydrogens is 282 g/mol. The molecule has 0 aliphatic heterocycles. The third-order valence-electron chi connectivity index (χ3n) is 3.37. The predicted molar refractivity (Wildman–Crippen MR) is 85.8 cm³/mol. The fourth-order valence-corrected chi connectivity index (χ4v) is 3.10. The van der Waals surface area contributed by atoms with Crippen molar-refractivity contribution in [2.75, 3.05) is 0 Å². The topological polar surface area (TPSA) is 42.4 Å². The van der Waals surface area contributed by atoms with Gasteiger partial charge in [0.25, 0.3) is 0 Å². The van der Waals surface area contributed by atoms with Gasteiger partial charge in [-0.15, -0.1) is 11.3 Å². The van der Waals surface area contributed by atoms with E-state index in [2.05, 4.69) is 11.1 Å². The first kappa shape index (κ1) is 14.0. The summed E-state index contributed by atoms with van der Waals surface area (Å²) in [4.78, 5) is 4.56. The number of aliphatic hydroxyl groups excluding tert-OH is 1. The van der Waals surface area contributed by atoms with E-state index < -0.39 is 6.10 Å². The summed E-state index contributed by atoms with van der Waals surface area (Å²) in [7, 11) is 0. The summed E-state index contributed by atoms with van der Waals surface area (Å²) >= 11 is 1.65. The Morgan fingerprint density at radius 1 is 1.24 bits per heavy atom. The average molecular weight is 299 g/mol. The third-order valence-corrected chi connectivity index (χ3v) is 4.38. The molecule has 0 aliphatic rings. The van der Waals surface area contributed by atoms with Gasteiger partial charge in [0.05, 0.1) is 16.3 Å². The molecule has 0 bridgehead atoms. The number of hydrogen-bond acceptors (Lipinski definition) is 4. The van der Waals surface area contributed by atoms with E-state index in [1.807, 2.05) is 43.3 Å². The molecule has 3 nitrogen and oxygen atoms in total. The zero-order chi connectivity index (χ0) is 14.8. The number of benzene rings is 2. The van der Waals surface area contributed by atoms with Crippen LogP contribution in [0.3, 0.4) is 0 Å². The number of aromatic nitrogens is 1. The van der Waals surface area contributed by atoms with Crippen molar-refractivity contribution in [1.82, 2.24) is 4.98 Å². The van der Waals surface area contributed by atoms with Crippen LogP contribution in [0.5, 0.6) is 5.75 Å². The molecule has 1 aromatic heterocycles. The van der Waals surface area contributed by atoms with Crippen molar-refractivity contribution in [1.29, 1.82) is 0 Å². The zero-order valence-corrected chi connectivity index (χ0v) is 12.9. The highest BCUT2D eigenvalue weighted by Gasteiger charge is 2.07. The van der Waals surface area contributed by atoms with Gasteiger partial charge in [-0.05, 0) is 49.2 Å². The SMILES string of the molecule is Cc1cc([C@@H](C)O)ccc1OCc1nc2ccccc2s1. The van der Waals surface area contributed by atoms with Crippen LogP contribution in [-0.2, 0) is 6.61 Å². The average Bonchev–Trinajstić information content (AvgIpc) is 2.88. The third kappa shape index (κ3) is 3.06. The normalized spacial score (nSPS) is 12.5. The predicted octanol–water partition coefficient (Wildman–Crippen LogP) is 4.24. The lowest BCUT2D eigenvalue weighted by Crippen LogP contribution is -1.98. The molecule has 0 radical (unpaired) electrons. The molecule has 3 aromatic rings. The van der Waals surface area contributed by atoms with Gasteiger partial charge in [-0.1, -0.05) is 18.2 Å². The molecule has 1 heterocycles. The first-order valence-electron chi connectivity index (χ1n) is 6.89. The molecule has 4 heteroatoms. The maximum atomic E-state index is 9.58. The largest absolute Gasteiger partial charge is 0.486 e. The van der Waals surface area contributed by atoms with Crippen LogP contribution in [-0.4, -0.2) is 10.1 Å². The van der Waals surface area contributed by atoms with Gasteiger partial charge < -0.3 is 9.84 Å². The highest BCUT2D eigenvalue weighted by molar-refractivity contribution is 7.18. The Morgan fingerprint density at radius 3 is 2.76 bits per heavy atom. The number of aryl methyl sites for hydroxylation is 1. The fourth-order valence-electron chi connectivity index (χ4n) is 2.22. The van der Waals surface area contributed by atoms with E-state index >= 15 is 0 Å². The van der Waals surface area contributed by atoms with Crippen LogP contribution in [0.1, 0.15) is 29.2 Å². The Kier molecular flexibility index (Phi) is 3.90. The number of rotatable bonds is 4. The first-order valence-corrected chi connectivity index (χ1v) is 7.71. The highest BCUT2D eigenvalue weighted by Crippen LogP contribution is 2.26. The van der Waals surface area contributed by atoms with Gasteiger partial charge in [0.1, 0.15) is 17.4 Å². The molecule has 0 saturated carbocycles. The fraction of sp³-hybridized carbons (Fsp3) is 0.235. The number of aliphatic hydroxyl groups is 1. The van der Waals surface area contributed by atoms with Gasteiger partial charge in [0, 0.05) is 0 Å². The minimum absolute atomic E-state index is 0.456. The molecule has 0 aliphatic carbocycles. The number of fused-ring (bicyclic) bond motifs is 1. The Balaban J connectivity index is 1.75. The van der Waals surface area contributed by atoms with Crippen LogP contribution >= 0.6 is 11.3 Å². The van der Waals surface area contributed by atoms with Gasteiger partial charge in [-0.3, -0.25) is 0 Å². The molecule has 108 valence electrons. The second kappa shape index (κ2) is 5.84. The lowest BCUT2D eigenvalue weighted by molar-refractivity contribution is 0.199. The minimum atomic E-state index is -0.456. The van der Waals surface area contributed by atoms with E-state index in [0.29, 0.717) is 6.61 Å². The van der Waals surface area contributed by atoms with Crippen LogP contribution in [0, 0.1) is 6.92 Å². The summed E-state index contributed by atoms with van der Waals surface area (Å²) in [6, 6.07) is 13.8. The van der Waals surface area contributed by atoms with Crippen molar-refractivity contribution in [2.24, 2.45) is 0 Å². The second-order valence-electron chi connectivity index (χ2n) is 5.06. The smallest absolute Gasteiger partial charge is 0.140 e. The van der Waals surface area contributed by atoms with Crippen molar-refractivity contribution in [2.45, 2.75) is 26.6 Å². The van der Waals surface area contributed by atoms with Gasteiger partial charge in [-0.2, -0.15) is 0 Å². The van der Waals surface area contributed by atoms with Crippen molar-refractivity contribution in [3.05, 3.63) is 58.6 Å². The molecule has 1 atom stereocenters. The maximum absolute atomic E-state index is 9.58. The van der Waals surface area contributed by atoms with E-state index in [1.54, 1.807) is 18.3 Å². The summed E-state index contributed by atoms with van der Waals surface area (Å²) in [5, 5.41) is 10.5. The summed E-state index contributed by atoms with van der Waals surface area (Å²) in [6.45, 7) is 4.21. The number of hydrogen-bond donors (Lipinski definition) is 1. The van der Waals surface area contributed by atoms with Gasteiger partial charge in [-0.25, -0.2) is 4.98 Å². The van der Waals surface area contributed by atoms with Crippen molar-refractivity contribution in [3.8, 4) is 5.75 Å². The molecule has 0 amide bonds. The van der Waals surface area contributed by atoms with E-state index in [9.17, 15) is 5.11 Å². The van der Waals surface area contributed by atoms with Crippen molar-refractivity contribution < 1.29 is 9.84 Å². The van der Waals surface area contributed by atoms with Crippen molar-refractivity contribution in [3.63, 3.8) is 0 Å². The van der Waals surface area contributed by atoms with Crippen LogP contribution < -0.4 is 4.74 Å². The Bertz CT molecular complexity index is 731. The van der Waals surface area contributed by atoms with Crippen LogP contribution in [0.4, 0.5) is 0 Å². The molecule has 0 spiro atoms. The number of thiazole rings is 1. The van der Waals surface area contributed by atoms with E-state index in [1.165, 1.54) is 4.70 Å². The standard InChI is InChI=1S/C17H17NO2S/c1-11-9-13(12(2)19)7-8-15(11)20-10-17-18-14-5-3-4-6-16(14)21-17/h3-9,12,19H,10H2,1-2H3/t12-/m1/s1. The van der Waals surface area contributed by atoms with E-state index in [4.69, 9.17) is 4.74 Å². The lowest BCUT2D eigenvalue weighted by Gasteiger charge is -2.11. The summed E-state index contributed by atoms with van der Waals surface area (Å²) in [6.07, 6.45) is -0.456. The molecule has 0 fully saturated rings. The lowest BCUT2D eigenvalue weighted by atomic mass is 10.1. The van der Waals surface area contributed by atoms with E-state index in [0.717, 1.165) is 27.4 Å². The zero-order valence-electron chi connectivity index (χ0n) is 12.0. The number of nitrogens with zero attached hydrogens (tertiary/aromatic N) is 1. The molecule has 1 N–H and O–H groups in total. The van der Waals surface area contributed by atoms with Crippen molar-refractivity contribution >= 4 is 21.6 Å². The molecule has 2 aromatic carbocycles. The Morgan fingerprint density at radius 2 is 2.05 bits per heavy atom. The quantitative estimate of drug-likeness (QED) is 0.783. The molecule has 0 unspecified atom stereocenters. The summed E-state index contributed by atoms with van der Waals surface area (Å²) in [5.74, 6) is 0.832. The van der Waals surface area contributed by atoms with Crippen LogP contribution in [0.2, 0.25) is 0 Å². The number of ether oxygens (including phenoxy) is 1. The summed E-state index contributed by atoms with van der Waals surface area (Å²) < 4.78 is 7.03. The Hall–Kier alpha value is -1.91. The number of para-hydroxylation sites is 1. The van der Waals surface area contributed by atoms with Crippen LogP contribution in [0.15, 0.2) is 42.5 Å². The van der Waals surface area contributed by atoms with Gasteiger partial charge in [0.15, 0.2) is 0 Å². The monoisotopic (exact) mass is 299 g/mol. The molecule has 21 heavy (non-hydrogen) atoms.